The van der Waals surface area contributed by atoms with E-state index in [-0.39, 0.29) is 17.9 Å². The number of nitrogens with zero attached hydrogens (tertiary/aromatic N) is 2. The van der Waals surface area contributed by atoms with Crippen molar-refractivity contribution in [3.05, 3.63) is 0 Å². The van der Waals surface area contributed by atoms with Crippen molar-refractivity contribution < 1.29 is 9.59 Å². The van der Waals surface area contributed by atoms with Crippen molar-refractivity contribution in [2.45, 2.75) is 38.1 Å². The summed E-state index contributed by atoms with van der Waals surface area (Å²) in [4.78, 5) is 28.7. The molecule has 1 N–H and O–H groups in total. The molecule has 2 saturated heterocycles. The van der Waals surface area contributed by atoms with Gasteiger partial charge in [0.1, 0.15) is 6.04 Å². The van der Waals surface area contributed by atoms with Crippen LogP contribution in [0.25, 0.3) is 0 Å². The Morgan fingerprint density at radius 2 is 2.00 bits per heavy atom. The van der Waals surface area contributed by atoms with Crippen LogP contribution in [0, 0.1) is 11.8 Å². The number of hydrogen-bond acceptors (Lipinski definition) is 3. The molecule has 3 fully saturated rings. The lowest BCUT2D eigenvalue weighted by Gasteiger charge is -2.34. The summed E-state index contributed by atoms with van der Waals surface area (Å²) in [5, 5.41) is 2.93. The number of likely N-dealkylation sites (tertiary alicyclic amines) is 1. The fourth-order valence-electron chi connectivity index (χ4n) is 3.51. The predicted molar refractivity (Wildman–Crippen MR) is 76.1 cm³/mol. The molecular formula is C15H25N3O2. The molecule has 0 radical (unpaired) electrons. The van der Waals surface area contributed by atoms with Gasteiger partial charge in [0.05, 0.1) is 0 Å². The zero-order valence-corrected chi connectivity index (χ0v) is 12.3. The Bertz CT molecular complexity index is 395. The number of rotatable bonds is 3. The predicted octanol–water partition coefficient (Wildman–Crippen LogP) is 0.455. The van der Waals surface area contributed by atoms with Gasteiger partial charge in [0.25, 0.3) is 0 Å². The van der Waals surface area contributed by atoms with Gasteiger partial charge in [0.2, 0.25) is 11.8 Å². The molecule has 5 heteroatoms. The van der Waals surface area contributed by atoms with Crippen LogP contribution in [0.2, 0.25) is 0 Å². The zero-order valence-electron chi connectivity index (χ0n) is 12.3. The molecule has 2 unspecified atom stereocenters. The summed E-state index contributed by atoms with van der Waals surface area (Å²) in [6.45, 7) is 3.64. The van der Waals surface area contributed by atoms with Gasteiger partial charge in [0, 0.05) is 26.1 Å². The number of piperidine rings is 1. The van der Waals surface area contributed by atoms with Crippen LogP contribution < -0.4 is 5.32 Å². The summed E-state index contributed by atoms with van der Waals surface area (Å²) in [5.41, 5.74) is 0. The molecule has 112 valence electrons. The Kier molecular flexibility index (Phi) is 3.96. The topological polar surface area (TPSA) is 52.6 Å². The third-order valence-corrected chi connectivity index (χ3v) is 4.80. The van der Waals surface area contributed by atoms with Gasteiger partial charge in [-0.1, -0.05) is 0 Å². The first-order valence-electron chi connectivity index (χ1n) is 7.90. The molecule has 0 aromatic heterocycles. The standard InChI is InChI=1S/C15H25N3O2/c1-17-7-2-3-11(9-17)10-18-8-6-13(19)16-14(15(18)20)12-4-5-12/h11-12,14H,2-10H2,1H3,(H,16,19). The number of nitrogens with one attached hydrogen (secondary N) is 1. The summed E-state index contributed by atoms with van der Waals surface area (Å²) in [6.07, 6.45) is 5.03. The second-order valence-corrected chi connectivity index (χ2v) is 6.69. The number of amides is 2. The largest absolute Gasteiger partial charge is 0.344 e. The lowest BCUT2D eigenvalue weighted by Crippen LogP contribution is -2.48. The molecule has 2 atom stereocenters. The first kappa shape index (κ1) is 13.9. The average molecular weight is 279 g/mol. The molecular weight excluding hydrogens is 254 g/mol. The first-order valence-corrected chi connectivity index (χ1v) is 7.90. The molecule has 2 heterocycles. The van der Waals surface area contributed by atoms with Crippen molar-refractivity contribution in [2.75, 3.05) is 33.2 Å². The first-order chi connectivity index (χ1) is 9.63. The van der Waals surface area contributed by atoms with Crippen molar-refractivity contribution in [1.82, 2.24) is 15.1 Å². The minimum absolute atomic E-state index is 0.0403. The van der Waals surface area contributed by atoms with E-state index in [2.05, 4.69) is 17.3 Å². The number of carbonyl (C=O) groups excluding carboxylic acids is 2. The molecule has 0 aromatic carbocycles. The quantitative estimate of drug-likeness (QED) is 0.816. The highest BCUT2D eigenvalue weighted by atomic mass is 16.2. The minimum atomic E-state index is -0.244. The molecule has 0 spiro atoms. The van der Waals surface area contributed by atoms with E-state index in [1.165, 1.54) is 12.8 Å². The minimum Gasteiger partial charge on any atom is -0.344 e. The fourth-order valence-corrected chi connectivity index (χ4v) is 3.51. The third-order valence-electron chi connectivity index (χ3n) is 4.80. The van der Waals surface area contributed by atoms with Gasteiger partial charge in [-0.15, -0.1) is 0 Å². The molecule has 20 heavy (non-hydrogen) atoms. The highest BCUT2D eigenvalue weighted by molar-refractivity contribution is 5.90. The van der Waals surface area contributed by atoms with E-state index in [1.807, 2.05) is 4.90 Å². The average Bonchev–Trinajstić information content (AvgIpc) is 3.24. The Morgan fingerprint density at radius 1 is 1.20 bits per heavy atom. The molecule has 2 aliphatic heterocycles. The lowest BCUT2D eigenvalue weighted by molar-refractivity contribution is -0.134. The molecule has 3 aliphatic rings. The van der Waals surface area contributed by atoms with Crippen LogP contribution >= 0.6 is 0 Å². The van der Waals surface area contributed by atoms with E-state index in [0.29, 0.717) is 24.8 Å². The van der Waals surface area contributed by atoms with Gasteiger partial charge in [-0.25, -0.2) is 0 Å². The van der Waals surface area contributed by atoms with Gasteiger partial charge < -0.3 is 15.1 Å². The van der Waals surface area contributed by atoms with E-state index in [1.54, 1.807) is 0 Å². The van der Waals surface area contributed by atoms with Crippen molar-refractivity contribution in [2.24, 2.45) is 11.8 Å². The molecule has 3 rings (SSSR count). The Hall–Kier alpha value is -1.10. The normalized spacial score (nSPS) is 33.0. The second-order valence-electron chi connectivity index (χ2n) is 6.69. The van der Waals surface area contributed by atoms with Crippen LogP contribution in [0.15, 0.2) is 0 Å². The van der Waals surface area contributed by atoms with E-state index in [0.717, 1.165) is 32.5 Å². The van der Waals surface area contributed by atoms with Crippen LogP contribution in [0.4, 0.5) is 0 Å². The van der Waals surface area contributed by atoms with Crippen molar-refractivity contribution >= 4 is 11.8 Å². The van der Waals surface area contributed by atoms with E-state index < -0.39 is 0 Å². The van der Waals surface area contributed by atoms with E-state index >= 15 is 0 Å². The Balaban J connectivity index is 1.64. The fraction of sp³-hybridized carbons (Fsp3) is 0.867. The maximum Gasteiger partial charge on any atom is 0.245 e. The molecule has 1 saturated carbocycles. The van der Waals surface area contributed by atoms with Crippen LogP contribution in [-0.4, -0.2) is 60.9 Å². The summed E-state index contributed by atoms with van der Waals surface area (Å²) >= 11 is 0. The second kappa shape index (κ2) is 5.72. The van der Waals surface area contributed by atoms with Crippen LogP contribution in [0.5, 0.6) is 0 Å². The van der Waals surface area contributed by atoms with Gasteiger partial charge in [-0.05, 0) is 51.1 Å². The van der Waals surface area contributed by atoms with Crippen molar-refractivity contribution in [3.8, 4) is 0 Å². The van der Waals surface area contributed by atoms with Gasteiger partial charge in [-0.3, -0.25) is 9.59 Å². The van der Waals surface area contributed by atoms with Crippen molar-refractivity contribution in [1.29, 1.82) is 0 Å². The SMILES string of the molecule is CN1CCCC(CN2CCC(=O)NC(C3CC3)C2=O)C1. The summed E-state index contributed by atoms with van der Waals surface area (Å²) in [7, 11) is 2.15. The Labute approximate surface area is 120 Å². The molecule has 2 amide bonds. The van der Waals surface area contributed by atoms with Crippen LogP contribution in [-0.2, 0) is 9.59 Å². The van der Waals surface area contributed by atoms with Crippen LogP contribution in [0.1, 0.15) is 32.1 Å². The highest BCUT2D eigenvalue weighted by Crippen LogP contribution is 2.34. The maximum absolute atomic E-state index is 12.6. The van der Waals surface area contributed by atoms with Crippen molar-refractivity contribution in [3.63, 3.8) is 0 Å². The maximum atomic E-state index is 12.6. The number of carbonyl (C=O) groups is 2. The molecule has 0 bridgehead atoms. The summed E-state index contributed by atoms with van der Waals surface area (Å²) in [6, 6.07) is -0.244. The molecule has 1 aliphatic carbocycles. The summed E-state index contributed by atoms with van der Waals surface area (Å²) < 4.78 is 0. The smallest absolute Gasteiger partial charge is 0.245 e. The summed E-state index contributed by atoms with van der Waals surface area (Å²) in [5.74, 6) is 1.15. The van der Waals surface area contributed by atoms with Gasteiger partial charge in [-0.2, -0.15) is 0 Å². The molecule has 0 aromatic rings. The zero-order chi connectivity index (χ0) is 14.1. The molecule has 5 nitrogen and oxygen atoms in total. The van der Waals surface area contributed by atoms with Crippen LogP contribution in [0.3, 0.4) is 0 Å². The van der Waals surface area contributed by atoms with E-state index in [4.69, 9.17) is 0 Å². The lowest BCUT2D eigenvalue weighted by atomic mass is 9.97. The number of hydrogen-bond donors (Lipinski definition) is 1. The van der Waals surface area contributed by atoms with E-state index in [9.17, 15) is 9.59 Å². The third kappa shape index (κ3) is 3.14. The Morgan fingerprint density at radius 3 is 2.70 bits per heavy atom. The highest BCUT2D eigenvalue weighted by Gasteiger charge is 2.41. The monoisotopic (exact) mass is 279 g/mol. The van der Waals surface area contributed by atoms with Gasteiger partial charge in [0.15, 0.2) is 0 Å². The van der Waals surface area contributed by atoms with Gasteiger partial charge >= 0.3 is 0 Å².